The number of rotatable bonds is 4. The molecule has 0 amide bonds. The maximum atomic E-state index is 4.72. The lowest BCUT2D eigenvalue weighted by Crippen LogP contribution is -1.92. The van der Waals surface area contributed by atoms with Crippen molar-refractivity contribution in [2.24, 2.45) is 0 Å². The van der Waals surface area contributed by atoms with E-state index in [1.54, 1.807) is 0 Å². The third kappa shape index (κ3) is 3.65. The van der Waals surface area contributed by atoms with E-state index >= 15 is 0 Å². The van der Waals surface area contributed by atoms with Gasteiger partial charge in [-0.25, -0.2) is 0 Å². The first kappa shape index (κ1) is 22.6. The first-order chi connectivity index (χ1) is 19.8. The van der Waals surface area contributed by atoms with Gasteiger partial charge in [0.15, 0.2) is 0 Å². The first-order valence-electron chi connectivity index (χ1n) is 13.6. The molecule has 2 heteroatoms. The van der Waals surface area contributed by atoms with Gasteiger partial charge in [-0.1, -0.05) is 127 Å². The molecule has 8 rings (SSSR count). The lowest BCUT2D eigenvalue weighted by atomic mass is 9.85. The van der Waals surface area contributed by atoms with Crippen LogP contribution in [0.2, 0.25) is 0 Å². The van der Waals surface area contributed by atoms with Crippen molar-refractivity contribution in [2.75, 3.05) is 0 Å². The van der Waals surface area contributed by atoms with E-state index in [9.17, 15) is 0 Å². The third-order valence-electron chi connectivity index (χ3n) is 7.94. The Morgan fingerprint density at radius 2 is 0.825 bits per heavy atom. The lowest BCUT2D eigenvalue weighted by molar-refractivity contribution is 1.21. The summed E-state index contributed by atoms with van der Waals surface area (Å²) >= 11 is 0. The fourth-order valence-corrected chi connectivity index (χ4v) is 5.98. The van der Waals surface area contributed by atoms with Crippen LogP contribution in [-0.4, -0.2) is 9.97 Å². The molecule has 0 aliphatic carbocycles. The molecule has 0 fully saturated rings. The molecule has 7 aromatic carbocycles. The maximum absolute atomic E-state index is 4.72. The second-order valence-electron chi connectivity index (χ2n) is 10.2. The summed E-state index contributed by atoms with van der Waals surface area (Å²) in [4.78, 5) is 9.40. The molecule has 186 valence electrons. The van der Waals surface area contributed by atoms with Gasteiger partial charge >= 0.3 is 0 Å². The zero-order chi connectivity index (χ0) is 26.5. The summed E-state index contributed by atoms with van der Waals surface area (Å²) in [5.74, 6) is 0. The molecule has 0 unspecified atom stereocenters. The first-order valence-corrected chi connectivity index (χ1v) is 13.6. The Hall–Kier alpha value is -5.34. The Bertz CT molecular complexity index is 2100. The van der Waals surface area contributed by atoms with Gasteiger partial charge in [0.05, 0.1) is 23.8 Å². The topological polar surface area (TPSA) is 25.8 Å². The van der Waals surface area contributed by atoms with Crippen LogP contribution in [0.3, 0.4) is 0 Å². The molecule has 0 saturated heterocycles. The molecular formula is C38H24N2. The Labute approximate surface area is 232 Å². The molecule has 2 nitrogen and oxygen atoms in total. The van der Waals surface area contributed by atoms with Crippen LogP contribution in [0, 0.1) is 0 Å². The minimum Gasteiger partial charge on any atom is -0.252 e. The second kappa shape index (κ2) is 9.14. The molecule has 8 aromatic rings. The van der Waals surface area contributed by atoms with Crippen LogP contribution < -0.4 is 0 Å². The van der Waals surface area contributed by atoms with Gasteiger partial charge in [-0.3, -0.25) is 9.97 Å². The summed E-state index contributed by atoms with van der Waals surface area (Å²) in [6.07, 6.45) is 3.71. The number of aromatic nitrogens is 2. The molecule has 0 bridgehead atoms. The van der Waals surface area contributed by atoms with E-state index in [-0.39, 0.29) is 0 Å². The Morgan fingerprint density at radius 3 is 1.38 bits per heavy atom. The maximum Gasteiger partial charge on any atom is 0.0885 e. The predicted octanol–water partition coefficient (Wildman–Crippen LogP) is 10.0. The summed E-state index contributed by atoms with van der Waals surface area (Å²) in [5.41, 5.74) is 8.78. The molecule has 0 atom stereocenters. The minimum absolute atomic E-state index is 0.867. The summed E-state index contributed by atoms with van der Waals surface area (Å²) < 4.78 is 0. The highest BCUT2D eigenvalue weighted by molar-refractivity contribution is 6.28. The van der Waals surface area contributed by atoms with Crippen LogP contribution in [-0.2, 0) is 0 Å². The molecule has 0 radical (unpaired) electrons. The zero-order valence-electron chi connectivity index (χ0n) is 21.8. The van der Waals surface area contributed by atoms with Gasteiger partial charge < -0.3 is 0 Å². The Kier molecular flexibility index (Phi) is 5.17. The minimum atomic E-state index is 0.867. The van der Waals surface area contributed by atoms with Crippen molar-refractivity contribution in [3.63, 3.8) is 0 Å². The highest BCUT2D eigenvalue weighted by Crippen LogP contribution is 2.44. The largest absolute Gasteiger partial charge is 0.252 e. The van der Waals surface area contributed by atoms with Crippen molar-refractivity contribution in [2.45, 2.75) is 0 Å². The SMILES string of the molecule is c1ccc(-c2cnc(-c3ccc(-c4cc(-c5ccccc5)c5ccc6cccc7ccc4c5c67)cc3)cn2)cc1. The second-order valence-corrected chi connectivity index (χ2v) is 10.2. The molecule has 0 saturated carbocycles. The van der Waals surface area contributed by atoms with E-state index in [0.717, 1.165) is 22.5 Å². The molecule has 1 heterocycles. The van der Waals surface area contributed by atoms with Gasteiger partial charge in [0.25, 0.3) is 0 Å². The fraction of sp³-hybridized carbons (Fsp3) is 0. The number of nitrogens with zero attached hydrogens (tertiary/aromatic N) is 2. The standard InChI is InChI=1S/C38H24N2/c1-3-8-25(9-4-1)33-22-34(32-21-19-30-13-7-12-29-18-20-31(33)38(32)37(29)30)26-14-16-28(17-15-26)36-24-39-35(23-40-36)27-10-5-2-6-11-27/h1-24H. The molecule has 0 spiro atoms. The van der Waals surface area contributed by atoms with Crippen LogP contribution in [0.4, 0.5) is 0 Å². The van der Waals surface area contributed by atoms with Crippen molar-refractivity contribution in [3.8, 4) is 44.8 Å². The van der Waals surface area contributed by atoms with Crippen molar-refractivity contribution >= 4 is 32.3 Å². The molecule has 0 aliphatic heterocycles. The quantitative estimate of drug-likeness (QED) is 0.221. The molecular weight excluding hydrogens is 484 g/mol. The number of benzene rings is 7. The molecule has 40 heavy (non-hydrogen) atoms. The monoisotopic (exact) mass is 508 g/mol. The van der Waals surface area contributed by atoms with Crippen molar-refractivity contribution in [3.05, 3.63) is 146 Å². The van der Waals surface area contributed by atoms with Crippen LogP contribution in [0.25, 0.3) is 77.1 Å². The summed E-state index contributed by atoms with van der Waals surface area (Å²) in [6.45, 7) is 0. The molecule has 0 aliphatic rings. The fourth-order valence-electron chi connectivity index (χ4n) is 5.98. The van der Waals surface area contributed by atoms with Crippen LogP contribution in [0.1, 0.15) is 0 Å². The number of hydrogen-bond acceptors (Lipinski definition) is 2. The van der Waals surface area contributed by atoms with E-state index in [4.69, 9.17) is 4.98 Å². The highest BCUT2D eigenvalue weighted by Gasteiger charge is 2.16. The van der Waals surface area contributed by atoms with E-state index < -0.39 is 0 Å². The average Bonchev–Trinajstić information content (AvgIpc) is 3.04. The Balaban J connectivity index is 1.28. The van der Waals surface area contributed by atoms with Crippen molar-refractivity contribution in [1.82, 2.24) is 9.97 Å². The van der Waals surface area contributed by atoms with Gasteiger partial charge in [-0.05, 0) is 60.6 Å². The normalized spacial score (nSPS) is 11.5. The van der Waals surface area contributed by atoms with E-state index in [1.807, 2.05) is 30.6 Å². The van der Waals surface area contributed by atoms with E-state index in [0.29, 0.717) is 0 Å². The van der Waals surface area contributed by atoms with Crippen molar-refractivity contribution in [1.29, 1.82) is 0 Å². The summed E-state index contributed by atoms with van der Waals surface area (Å²) in [6, 6.07) is 47.6. The van der Waals surface area contributed by atoms with Crippen molar-refractivity contribution < 1.29 is 0 Å². The predicted molar refractivity (Wildman–Crippen MR) is 167 cm³/mol. The highest BCUT2D eigenvalue weighted by atomic mass is 14.8. The zero-order valence-corrected chi connectivity index (χ0v) is 21.8. The van der Waals surface area contributed by atoms with Crippen LogP contribution in [0.5, 0.6) is 0 Å². The van der Waals surface area contributed by atoms with Crippen LogP contribution >= 0.6 is 0 Å². The molecule has 1 aromatic heterocycles. The van der Waals surface area contributed by atoms with Gasteiger partial charge in [-0.2, -0.15) is 0 Å². The smallest absolute Gasteiger partial charge is 0.0885 e. The summed E-state index contributed by atoms with van der Waals surface area (Å²) in [7, 11) is 0. The summed E-state index contributed by atoms with van der Waals surface area (Å²) in [5, 5.41) is 7.79. The lowest BCUT2D eigenvalue weighted by Gasteiger charge is -2.18. The average molecular weight is 509 g/mol. The van der Waals surface area contributed by atoms with E-state index in [1.165, 1.54) is 54.6 Å². The van der Waals surface area contributed by atoms with Gasteiger partial charge in [0, 0.05) is 11.1 Å². The number of hydrogen-bond donors (Lipinski definition) is 0. The molecule has 0 N–H and O–H groups in total. The van der Waals surface area contributed by atoms with Gasteiger partial charge in [0.2, 0.25) is 0 Å². The van der Waals surface area contributed by atoms with Gasteiger partial charge in [-0.15, -0.1) is 0 Å². The Morgan fingerprint density at radius 1 is 0.350 bits per heavy atom. The van der Waals surface area contributed by atoms with Gasteiger partial charge in [0.1, 0.15) is 0 Å². The van der Waals surface area contributed by atoms with E-state index in [2.05, 4.69) is 120 Å². The van der Waals surface area contributed by atoms with Crippen LogP contribution in [0.15, 0.2) is 146 Å². The third-order valence-corrected chi connectivity index (χ3v) is 7.94.